The predicted octanol–water partition coefficient (Wildman–Crippen LogP) is 3.82. The van der Waals surface area contributed by atoms with Crippen LogP contribution in [0.2, 0.25) is 10.0 Å². The van der Waals surface area contributed by atoms with E-state index < -0.39 is 0 Å². The van der Waals surface area contributed by atoms with Crippen molar-refractivity contribution in [1.29, 1.82) is 0 Å². The molecule has 2 atom stereocenters. The average molecular weight is 407 g/mol. The molecule has 27 heavy (non-hydrogen) atoms. The van der Waals surface area contributed by atoms with Crippen molar-refractivity contribution in [2.24, 2.45) is 11.8 Å². The molecule has 8 heteroatoms. The van der Waals surface area contributed by atoms with E-state index in [1.165, 1.54) is 6.20 Å². The molecule has 1 heterocycles. The summed E-state index contributed by atoms with van der Waals surface area (Å²) in [6.07, 6.45) is 2.44. The summed E-state index contributed by atoms with van der Waals surface area (Å²) < 4.78 is 0. The van der Waals surface area contributed by atoms with E-state index in [2.05, 4.69) is 27.9 Å². The number of aromatic nitrogens is 1. The van der Waals surface area contributed by atoms with Gasteiger partial charge in [-0.15, -0.1) is 0 Å². The van der Waals surface area contributed by atoms with Gasteiger partial charge in [-0.05, 0) is 42.7 Å². The van der Waals surface area contributed by atoms with Crippen LogP contribution in [0.5, 0.6) is 0 Å². The lowest BCUT2D eigenvalue weighted by molar-refractivity contribution is -0.117. The predicted molar refractivity (Wildman–Crippen MR) is 107 cm³/mol. The Labute approximate surface area is 167 Å². The molecular formula is C19H20Cl2N4O2. The summed E-state index contributed by atoms with van der Waals surface area (Å²) in [5.74, 6) is 0.937. The van der Waals surface area contributed by atoms with Crippen molar-refractivity contribution in [3.05, 3.63) is 52.1 Å². The first kappa shape index (κ1) is 19.5. The van der Waals surface area contributed by atoms with Gasteiger partial charge in [0.1, 0.15) is 5.82 Å². The Bertz CT molecular complexity index is 842. The maximum Gasteiger partial charge on any atom is 0.251 e. The molecule has 1 fully saturated rings. The van der Waals surface area contributed by atoms with Crippen molar-refractivity contribution in [3.8, 4) is 0 Å². The second-order valence-electron chi connectivity index (χ2n) is 6.55. The second-order valence-corrected chi connectivity index (χ2v) is 7.40. The summed E-state index contributed by atoms with van der Waals surface area (Å²) in [5, 5.41) is 9.60. The normalized spacial score (nSPS) is 17.9. The number of halogens is 2. The summed E-state index contributed by atoms with van der Waals surface area (Å²) in [5.41, 5.74) is 1.22. The van der Waals surface area contributed by atoms with Gasteiger partial charge < -0.3 is 16.0 Å². The van der Waals surface area contributed by atoms with E-state index in [0.717, 1.165) is 6.42 Å². The number of hydrogen-bond donors (Lipinski definition) is 3. The topological polar surface area (TPSA) is 83.1 Å². The summed E-state index contributed by atoms with van der Waals surface area (Å²) in [7, 11) is 0. The molecule has 142 valence electrons. The second kappa shape index (κ2) is 8.59. The van der Waals surface area contributed by atoms with E-state index in [4.69, 9.17) is 23.2 Å². The molecule has 3 N–H and O–H groups in total. The van der Waals surface area contributed by atoms with Gasteiger partial charge in [-0.1, -0.05) is 30.1 Å². The molecule has 0 radical (unpaired) electrons. The summed E-state index contributed by atoms with van der Waals surface area (Å²) in [6.45, 7) is 2.93. The van der Waals surface area contributed by atoms with Crippen LogP contribution in [0.15, 0.2) is 36.5 Å². The SMILES string of the molecule is CC1CC1C(=O)Nc1ccc(C(=O)NCCNc2ncc(Cl)cc2Cl)cc1. The molecule has 6 nitrogen and oxygen atoms in total. The van der Waals surface area contributed by atoms with Gasteiger partial charge in [-0.3, -0.25) is 9.59 Å². The maximum absolute atomic E-state index is 12.2. The summed E-state index contributed by atoms with van der Waals surface area (Å²) >= 11 is 11.8. The minimum atomic E-state index is -0.194. The van der Waals surface area contributed by atoms with E-state index in [9.17, 15) is 9.59 Å². The van der Waals surface area contributed by atoms with Crippen molar-refractivity contribution in [3.63, 3.8) is 0 Å². The summed E-state index contributed by atoms with van der Waals surface area (Å²) in [6, 6.07) is 8.44. The van der Waals surface area contributed by atoms with Crippen LogP contribution < -0.4 is 16.0 Å². The fraction of sp³-hybridized carbons (Fsp3) is 0.316. The van der Waals surface area contributed by atoms with Gasteiger partial charge in [0.2, 0.25) is 5.91 Å². The van der Waals surface area contributed by atoms with Crippen molar-refractivity contribution >= 4 is 46.5 Å². The minimum absolute atomic E-state index is 0.0419. The van der Waals surface area contributed by atoms with E-state index in [1.807, 2.05) is 0 Å². The Morgan fingerprint density at radius 3 is 2.52 bits per heavy atom. The first-order valence-corrected chi connectivity index (χ1v) is 9.43. The van der Waals surface area contributed by atoms with E-state index in [-0.39, 0.29) is 17.7 Å². The first-order valence-electron chi connectivity index (χ1n) is 8.68. The summed E-state index contributed by atoms with van der Waals surface area (Å²) in [4.78, 5) is 28.2. The van der Waals surface area contributed by atoms with Gasteiger partial charge in [0.25, 0.3) is 5.91 Å². The average Bonchev–Trinajstić information content (AvgIpc) is 3.37. The van der Waals surface area contributed by atoms with Crippen LogP contribution in [0.1, 0.15) is 23.7 Å². The molecule has 2 unspecified atom stereocenters. The molecule has 3 rings (SSSR count). The Hall–Kier alpha value is -2.31. The Morgan fingerprint density at radius 2 is 1.89 bits per heavy atom. The van der Waals surface area contributed by atoms with Gasteiger partial charge in [0, 0.05) is 36.5 Å². The van der Waals surface area contributed by atoms with Crippen LogP contribution in [0.4, 0.5) is 11.5 Å². The molecule has 0 bridgehead atoms. The highest BCUT2D eigenvalue weighted by molar-refractivity contribution is 6.35. The zero-order valence-electron chi connectivity index (χ0n) is 14.8. The lowest BCUT2D eigenvalue weighted by atomic mass is 10.2. The van der Waals surface area contributed by atoms with Crippen LogP contribution in [0, 0.1) is 11.8 Å². The fourth-order valence-electron chi connectivity index (χ4n) is 2.63. The number of nitrogens with zero attached hydrogens (tertiary/aromatic N) is 1. The molecule has 2 amide bonds. The zero-order valence-corrected chi connectivity index (χ0v) is 16.3. The molecule has 1 aliphatic rings. The zero-order chi connectivity index (χ0) is 19.4. The van der Waals surface area contributed by atoms with Crippen LogP contribution in [0.3, 0.4) is 0 Å². The van der Waals surface area contributed by atoms with Crippen LogP contribution in [-0.4, -0.2) is 29.9 Å². The fourth-order valence-corrected chi connectivity index (χ4v) is 3.08. The van der Waals surface area contributed by atoms with E-state index in [0.29, 0.717) is 46.1 Å². The smallest absolute Gasteiger partial charge is 0.251 e. The van der Waals surface area contributed by atoms with Crippen LogP contribution >= 0.6 is 23.2 Å². The lowest BCUT2D eigenvalue weighted by Gasteiger charge is -2.09. The van der Waals surface area contributed by atoms with E-state index >= 15 is 0 Å². The van der Waals surface area contributed by atoms with Gasteiger partial charge >= 0.3 is 0 Å². The van der Waals surface area contributed by atoms with Crippen molar-refractivity contribution in [1.82, 2.24) is 10.3 Å². The molecule has 1 saturated carbocycles. The number of carbonyl (C=O) groups is 2. The highest BCUT2D eigenvalue weighted by Gasteiger charge is 2.39. The third-order valence-corrected chi connectivity index (χ3v) is 4.87. The number of anilines is 2. The molecule has 0 spiro atoms. The van der Waals surface area contributed by atoms with Crippen molar-refractivity contribution in [2.75, 3.05) is 23.7 Å². The molecule has 0 aliphatic heterocycles. The number of amides is 2. The van der Waals surface area contributed by atoms with Gasteiger partial charge in [-0.2, -0.15) is 0 Å². The number of hydrogen-bond acceptors (Lipinski definition) is 4. The number of benzene rings is 1. The minimum Gasteiger partial charge on any atom is -0.367 e. The molecular weight excluding hydrogens is 387 g/mol. The molecule has 1 aromatic heterocycles. The largest absolute Gasteiger partial charge is 0.367 e. The lowest BCUT2D eigenvalue weighted by Crippen LogP contribution is -2.28. The molecule has 2 aromatic rings. The standard InChI is InChI=1S/C19H20Cl2N4O2/c1-11-8-15(11)19(27)25-14-4-2-12(3-5-14)18(26)23-7-6-22-17-16(21)9-13(20)10-24-17/h2-5,9-11,15H,6-8H2,1H3,(H,22,24)(H,23,26)(H,25,27). The molecule has 0 saturated heterocycles. The van der Waals surface area contributed by atoms with Gasteiger partial charge in [-0.25, -0.2) is 4.98 Å². The number of pyridine rings is 1. The first-order chi connectivity index (χ1) is 12.9. The third kappa shape index (κ3) is 5.34. The van der Waals surface area contributed by atoms with Gasteiger partial charge in [0.15, 0.2) is 0 Å². The number of rotatable bonds is 7. The number of nitrogens with one attached hydrogen (secondary N) is 3. The Kier molecular flexibility index (Phi) is 6.19. The van der Waals surface area contributed by atoms with Crippen molar-refractivity contribution < 1.29 is 9.59 Å². The van der Waals surface area contributed by atoms with Crippen molar-refractivity contribution in [2.45, 2.75) is 13.3 Å². The quantitative estimate of drug-likeness (QED) is 0.610. The third-order valence-electron chi connectivity index (χ3n) is 4.37. The Balaban J connectivity index is 1.43. The van der Waals surface area contributed by atoms with Crippen LogP contribution in [0.25, 0.3) is 0 Å². The Morgan fingerprint density at radius 1 is 1.19 bits per heavy atom. The molecule has 1 aliphatic carbocycles. The number of carbonyl (C=O) groups excluding carboxylic acids is 2. The highest BCUT2D eigenvalue weighted by Crippen LogP contribution is 2.38. The van der Waals surface area contributed by atoms with Gasteiger partial charge in [0.05, 0.1) is 10.0 Å². The van der Waals surface area contributed by atoms with E-state index in [1.54, 1.807) is 30.3 Å². The monoisotopic (exact) mass is 406 g/mol. The molecule has 1 aromatic carbocycles. The van der Waals surface area contributed by atoms with Crippen LogP contribution in [-0.2, 0) is 4.79 Å². The maximum atomic E-state index is 12.2. The highest BCUT2D eigenvalue weighted by atomic mass is 35.5.